The maximum absolute atomic E-state index is 12.5. The SMILES string of the molecule is CC1(C(=O)NC(C)(C)c2nccs2)CCCNC1. The van der Waals surface area contributed by atoms with Crippen LogP contribution >= 0.6 is 11.3 Å². The van der Waals surface area contributed by atoms with Gasteiger partial charge in [-0.25, -0.2) is 4.98 Å². The number of hydrogen-bond acceptors (Lipinski definition) is 4. The molecule has 1 unspecified atom stereocenters. The predicted octanol–water partition coefficient (Wildman–Crippen LogP) is 1.88. The Morgan fingerprint density at radius 1 is 1.61 bits per heavy atom. The van der Waals surface area contributed by atoms with Gasteiger partial charge in [-0.3, -0.25) is 4.79 Å². The minimum absolute atomic E-state index is 0.120. The van der Waals surface area contributed by atoms with E-state index < -0.39 is 5.54 Å². The summed E-state index contributed by atoms with van der Waals surface area (Å²) < 4.78 is 0. The lowest BCUT2D eigenvalue weighted by atomic mass is 9.81. The summed E-state index contributed by atoms with van der Waals surface area (Å²) in [6, 6.07) is 0. The molecule has 1 aromatic rings. The van der Waals surface area contributed by atoms with Gasteiger partial charge in [0.05, 0.1) is 11.0 Å². The highest BCUT2D eigenvalue weighted by atomic mass is 32.1. The van der Waals surface area contributed by atoms with E-state index in [1.54, 1.807) is 17.5 Å². The molecule has 1 aliphatic heterocycles. The molecule has 0 bridgehead atoms. The maximum Gasteiger partial charge on any atom is 0.227 e. The average Bonchev–Trinajstić information content (AvgIpc) is 2.83. The van der Waals surface area contributed by atoms with Crippen molar-refractivity contribution in [3.63, 3.8) is 0 Å². The third-order valence-electron chi connectivity index (χ3n) is 3.54. The lowest BCUT2D eigenvalue weighted by Gasteiger charge is -2.36. The highest BCUT2D eigenvalue weighted by molar-refractivity contribution is 7.09. The van der Waals surface area contributed by atoms with Crippen molar-refractivity contribution in [1.29, 1.82) is 0 Å². The third kappa shape index (κ3) is 2.72. The van der Waals surface area contributed by atoms with E-state index in [0.717, 1.165) is 30.9 Å². The Morgan fingerprint density at radius 2 is 2.39 bits per heavy atom. The maximum atomic E-state index is 12.5. The predicted molar refractivity (Wildman–Crippen MR) is 73.5 cm³/mol. The zero-order chi connectivity index (χ0) is 13.2. The summed E-state index contributed by atoms with van der Waals surface area (Å²) >= 11 is 1.58. The van der Waals surface area contributed by atoms with Crippen molar-refractivity contribution < 1.29 is 4.79 Å². The van der Waals surface area contributed by atoms with Crippen LogP contribution in [0.2, 0.25) is 0 Å². The number of hydrogen-bond donors (Lipinski definition) is 2. The number of nitrogens with one attached hydrogen (secondary N) is 2. The zero-order valence-corrected chi connectivity index (χ0v) is 12.1. The van der Waals surface area contributed by atoms with Crippen LogP contribution in [0.1, 0.15) is 38.6 Å². The van der Waals surface area contributed by atoms with Crippen LogP contribution in [0.5, 0.6) is 0 Å². The van der Waals surface area contributed by atoms with E-state index in [9.17, 15) is 4.79 Å². The fourth-order valence-corrected chi connectivity index (χ4v) is 2.99. The fraction of sp³-hybridized carbons (Fsp3) is 0.692. The van der Waals surface area contributed by atoms with Crippen LogP contribution in [0.4, 0.5) is 0 Å². The number of carbonyl (C=O) groups excluding carboxylic acids is 1. The van der Waals surface area contributed by atoms with Crippen LogP contribution in [-0.4, -0.2) is 24.0 Å². The second kappa shape index (κ2) is 4.97. The number of aromatic nitrogens is 1. The van der Waals surface area contributed by atoms with Gasteiger partial charge in [-0.1, -0.05) is 0 Å². The van der Waals surface area contributed by atoms with E-state index in [1.165, 1.54) is 0 Å². The fourth-order valence-electron chi connectivity index (χ4n) is 2.27. The average molecular weight is 267 g/mol. The molecule has 1 amide bonds. The Morgan fingerprint density at radius 3 is 2.94 bits per heavy atom. The number of amides is 1. The van der Waals surface area contributed by atoms with E-state index in [0.29, 0.717) is 0 Å². The Hall–Kier alpha value is -0.940. The quantitative estimate of drug-likeness (QED) is 0.879. The van der Waals surface area contributed by atoms with E-state index in [1.807, 2.05) is 26.2 Å². The largest absolute Gasteiger partial charge is 0.344 e. The molecule has 0 aromatic carbocycles. The van der Waals surface area contributed by atoms with Gasteiger partial charge in [0.15, 0.2) is 0 Å². The van der Waals surface area contributed by atoms with Crippen LogP contribution in [0.25, 0.3) is 0 Å². The Kier molecular flexibility index (Phi) is 3.73. The van der Waals surface area contributed by atoms with Crippen molar-refractivity contribution >= 4 is 17.2 Å². The van der Waals surface area contributed by atoms with Gasteiger partial charge in [0.2, 0.25) is 5.91 Å². The molecule has 1 saturated heterocycles. The van der Waals surface area contributed by atoms with Crippen molar-refractivity contribution in [2.45, 2.75) is 39.2 Å². The first-order valence-electron chi connectivity index (χ1n) is 6.37. The Balaban J connectivity index is 2.06. The van der Waals surface area contributed by atoms with E-state index in [2.05, 4.69) is 15.6 Å². The number of thiazole rings is 1. The van der Waals surface area contributed by atoms with Gasteiger partial charge in [0.1, 0.15) is 5.01 Å². The first-order chi connectivity index (χ1) is 8.44. The number of piperidine rings is 1. The van der Waals surface area contributed by atoms with Gasteiger partial charge in [-0.05, 0) is 40.2 Å². The van der Waals surface area contributed by atoms with Crippen molar-refractivity contribution in [2.75, 3.05) is 13.1 Å². The molecular weight excluding hydrogens is 246 g/mol. The first kappa shape index (κ1) is 13.5. The number of carbonyl (C=O) groups is 1. The molecule has 1 aliphatic rings. The van der Waals surface area contributed by atoms with Crippen LogP contribution in [0.3, 0.4) is 0 Å². The topological polar surface area (TPSA) is 54.0 Å². The molecule has 1 atom stereocenters. The van der Waals surface area contributed by atoms with Gasteiger partial charge < -0.3 is 10.6 Å². The first-order valence-corrected chi connectivity index (χ1v) is 7.25. The smallest absolute Gasteiger partial charge is 0.227 e. The highest BCUT2D eigenvalue weighted by Crippen LogP contribution is 2.29. The molecule has 0 radical (unpaired) electrons. The summed E-state index contributed by atoms with van der Waals surface area (Å²) in [5, 5.41) is 9.33. The lowest BCUT2D eigenvalue weighted by Crippen LogP contribution is -2.53. The molecule has 1 fully saturated rings. The van der Waals surface area contributed by atoms with Crippen molar-refractivity contribution in [3.8, 4) is 0 Å². The van der Waals surface area contributed by atoms with E-state index in [4.69, 9.17) is 0 Å². The third-order valence-corrected chi connectivity index (χ3v) is 4.64. The zero-order valence-electron chi connectivity index (χ0n) is 11.2. The summed E-state index contributed by atoms with van der Waals surface area (Å²) in [5.74, 6) is 0.120. The molecule has 1 aromatic heterocycles. The summed E-state index contributed by atoms with van der Waals surface area (Å²) in [6.45, 7) is 7.81. The van der Waals surface area contributed by atoms with Crippen LogP contribution in [0, 0.1) is 5.41 Å². The minimum atomic E-state index is -0.397. The molecule has 0 spiro atoms. The van der Waals surface area contributed by atoms with Gasteiger partial charge >= 0.3 is 0 Å². The van der Waals surface area contributed by atoms with Crippen LogP contribution in [0.15, 0.2) is 11.6 Å². The normalized spacial score (nSPS) is 24.8. The van der Waals surface area contributed by atoms with Crippen molar-refractivity contribution in [3.05, 3.63) is 16.6 Å². The summed E-state index contributed by atoms with van der Waals surface area (Å²) in [7, 11) is 0. The van der Waals surface area contributed by atoms with Gasteiger partial charge in [0, 0.05) is 18.1 Å². The number of nitrogens with zero attached hydrogens (tertiary/aromatic N) is 1. The molecule has 2 heterocycles. The van der Waals surface area contributed by atoms with E-state index >= 15 is 0 Å². The van der Waals surface area contributed by atoms with Gasteiger partial charge in [-0.2, -0.15) is 0 Å². The van der Waals surface area contributed by atoms with Crippen LogP contribution in [-0.2, 0) is 10.3 Å². The van der Waals surface area contributed by atoms with Gasteiger partial charge in [0.25, 0.3) is 0 Å². The number of rotatable bonds is 3. The second-order valence-corrected chi connectivity index (χ2v) is 6.65. The molecule has 2 rings (SSSR count). The molecule has 2 N–H and O–H groups in total. The van der Waals surface area contributed by atoms with E-state index in [-0.39, 0.29) is 11.3 Å². The van der Waals surface area contributed by atoms with Gasteiger partial charge in [-0.15, -0.1) is 11.3 Å². The monoisotopic (exact) mass is 267 g/mol. The summed E-state index contributed by atoms with van der Waals surface area (Å²) in [5.41, 5.74) is -0.696. The standard InChI is InChI=1S/C13H21N3OS/c1-12(2,11-15-7-8-18-11)16-10(17)13(3)5-4-6-14-9-13/h7-8,14H,4-6,9H2,1-3H3,(H,16,17). The molecule has 5 heteroatoms. The lowest BCUT2D eigenvalue weighted by molar-refractivity contribution is -0.132. The molecular formula is C13H21N3OS. The van der Waals surface area contributed by atoms with Crippen LogP contribution < -0.4 is 10.6 Å². The molecule has 4 nitrogen and oxygen atoms in total. The van der Waals surface area contributed by atoms with Crippen molar-refractivity contribution in [1.82, 2.24) is 15.6 Å². The minimum Gasteiger partial charge on any atom is -0.344 e. The molecule has 0 saturated carbocycles. The highest BCUT2D eigenvalue weighted by Gasteiger charge is 2.38. The molecule has 0 aliphatic carbocycles. The Bertz CT molecular complexity index is 408. The molecule has 100 valence electrons. The summed E-state index contributed by atoms with van der Waals surface area (Å²) in [4.78, 5) is 16.8. The second-order valence-electron chi connectivity index (χ2n) is 5.76. The van der Waals surface area contributed by atoms with Crippen molar-refractivity contribution in [2.24, 2.45) is 5.41 Å². The Labute approximate surface area is 112 Å². The summed E-state index contributed by atoms with van der Waals surface area (Å²) in [6.07, 6.45) is 3.78. The molecule has 18 heavy (non-hydrogen) atoms.